The van der Waals surface area contributed by atoms with Crippen molar-refractivity contribution < 1.29 is 0 Å². The van der Waals surface area contributed by atoms with E-state index < -0.39 is 0 Å². The van der Waals surface area contributed by atoms with Crippen molar-refractivity contribution in [3.8, 4) is 0 Å². The molecule has 0 saturated heterocycles. The molecule has 0 spiro atoms. The minimum atomic E-state index is 0.730. The predicted octanol–water partition coefficient (Wildman–Crippen LogP) is 1.69. The van der Waals surface area contributed by atoms with Gasteiger partial charge in [0.25, 0.3) is 0 Å². The second-order valence-electron chi connectivity index (χ2n) is 5.87. The van der Waals surface area contributed by atoms with E-state index in [9.17, 15) is 0 Å². The largest absolute Gasteiger partial charge is 0.337 e. The predicted molar refractivity (Wildman–Crippen MR) is 76.5 cm³/mol. The van der Waals surface area contributed by atoms with Crippen molar-refractivity contribution in [2.24, 2.45) is 0 Å². The summed E-state index contributed by atoms with van der Waals surface area (Å²) in [6.45, 7) is 4.16. The Labute approximate surface area is 119 Å². The number of hydrogen-bond donors (Lipinski definition) is 1. The van der Waals surface area contributed by atoms with Crippen LogP contribution in [0.2, 0.25) is 0 Å². The molecule has 1 fully saturated rings. The van der Waals surface area contributed by atoms with Gasteiger partial charge in [0.15, 0.2) is 0 Å². The first kappa shape index (κ1) is 12.1. The van der Waals surface area contributed by atoms with Gasteiger partial charge >= 0.3 is 0 Å². The molecular formula is C15H21N5. The third kappa shape index (κ3) is 2.26. The topological polar surface area (TPSA) is 47.7 Å². The van der Waals surface area contributed by atoms with E-state index in [2.05, 4.69) is 19.4 Å². The summed E-state index contributed by atoms with van der Waals surface area (Å²) >= 11 is 0. The van der Waals surface area contributed by atoms with Crippen molar-refractivity contribution in [3.05, 3.63) is 35.9 Å². The monoisotopic (exact) mass is 271 g/mol. The number of nitrogens with one attached hydrogen (secondary N) is 1. The average molecular weight is 271 g/mol. The van der Waals surface area contributed by atoms with Crippen LogP contribution in [0, 0.1) is 0 Å². The van der Waals surface area contributed by atoms with Crippen molar-refractivity contribution in [1.82, 2.24) is 24.4 Å². The molecule has 4 rings (SSSR count). The third-order valence-electron chi connectivity index (χ3n) is 4.32. The van der Waals surface area contributed by atoms with E-state index >= 15 is 0 Å². The van der Waals surface area contributed by atoms with E-state index in [1.54, 1.807) is 0 Å². The van der Waals surface area contributed by atoms with Gasteiger partial charge in [-0.25, -0.2) is 9.97 Å². The lowest BCUT2D eigenvalue weighted by Gasteiger charge is -2.16. The first-order chi connectivity index (χ1) is 9.92. The Morgan fingerprint density at radius 2 is 2.25 bits per heavy atom. The molecule has 0 radical (unpaired) electrons. The van der Waals surface area contributed by atoms with Gasteiger partial charge in [-0.2, -0.15) is 0 Å². The quantitative estimate of drug-likeness (QED) is 0.900. The molecule has 5 nitrogen and oxygen atoms in total. The lowest BCUT2D eigenvalue weighted by Crippen LogP contribution is -2.25. The fraction of sp³-hybridized carbons (Fsp3) is 0.600. The lowest BCUT2D eigenvalue weighted by atomic mass is 10.2. The molecule has 20 heavy (non-hydrogen) atoms. The van der Waals surface area contributed by atoms with Crippen LogP contribution in [0.5, 0.6) is 0 Å². The summed E-state index contributed by atoms with van der Waals surface area (Å²) in [6, 6.07) is 0. The van der Waals surface area contributed by atoms with Gasteiger partial charge in [-0.05, 0) is 19.3 Å². The van der Waals surface area contributed by atoms with Crippen LogP contribution in [0.1, 0.15) is 42.4 Å². The number of fused-ring (bicyclic) bond motifs is 1. The minimum Gasteiger partial charge on any atom is -0.337 e. The molecule has 0 bridgehead atoms. The summed E-state index contributed by atoms with van der Waals surface area (Å²) in [5, 5.41) is 3.43. The number of aryl methyl sites for hydroxylation is 1. The van der Waals surface area contributed by atoms with E-state index in [1.165, 1.54) is 30.1 Å². The van der Waals surface area contributed by atoms with Crippen molar-refractivity contribution >= 4 is 0 Å². The van der Waals surface area contributed by atoms with Gasteiger partial charge in [0.2, 0.25) is 0 Å². The molecule has 2 aromatic rings. The second-order valence-corrected chi connectivity index (χ2v) is 5.87. The summed E-state index contributed by atoms with van der Waals surface area (Å²) in [4.78, 5) is 9.01. The van der Waals surface area contributed by atoms with E-state index in [0.717, 1.165) is 44.9 Å². The molecule has 1 N–H and O–H groups in total. The molecule has 1 aliphatic heterocycles. The maximum absolute atomic E-state index is 4.91. The van der Waals surface area contributed by atoms with Crippen molar-refractivity contribution in [2.75, 3.05) is 6.54 Å². The van der Waals surface area contributed by atoms with Crippen LogP contribution in [0.4, 0.5) is 0 Å². The highest BCUT2D eigenvalue weighted by molar-refractivity contribution is 5.24. The molecule has 106 valence electrons. The Bertz CT molecular complexity index is 580. The molecule has 1 saturated carbocycles. The molecule has 1 aliphatic carbocycles. The van der Waals surface area contributed by atoms with Crippen LogP contribution in [-0.4, -0.2) is 25.6 Å². The molecule has 0 atom stereocenters. The van der Waals surface area contributed by atoms with Crippen LogP contribution < -0.4 is 5.32 Å². The lowest BCUT2D eigenvalue weighted by molar-refractivity contribution is 0.523. The molecule has 0 amide bonds. The van der Waals surface area contributed by atoms with Crippen LogP contribution in [0.25, 0.3) is 0 Å². The standard InChI is InChI=1S/C15H21N5/c1(7-19-9-6-17-11-19)8-20-14-4-5-16-10-13(14)18-15(20)12-2-3-12/h6,9,11-12,16H,1-5,7-8,10H2. The van der Waals surface area contributed by atoms with Crippen molar-refractivity contribution in [3.63, 3.8) is 0 Å². The Hall–Kier alpha value is -1.62. The molecular weight excluding hydrogens is 250 g/mol. The molecule has 3 heterocycles. The fourth-order valence-corrected chi connectivity index (χ4v) is 3.12. The van der Waals surface area contributed by atoms with Gasteiger partial charge in [-0.1, -0.05) is 0 Å². The second kappa shape index (κ2) is 5.05. The fourth-order valence-electron chi connectivity index (χ4n) is 3.12. The summed E-state index contributed by atoms with van der Waals surface area (Å²) in [5.41, 5.74) is 2.78. The van der Waals surface area contributed by atoms with Crippen LogP contribution in [-0.2, 0) is 26.1 Å². The number of hydrogen-bond acceptors (Lipinski definition) is 3. The Kier molecular flexibility index (Phi) is 3.07. The average Bonchev–Trinajstić information content (AvgIpc) is 3.06. The van der Waals surface area contributed by atoms with Crippen LogP contribution >= 0.6 is 0 Å². The first-order valence-corrected chi connectivity index (χ1v) is 7.66. The highest BCUT2D eigenvalue weighted by Gasteiger charge is 2.31. The Morgan fingerprint density at radius 1 is 1.30 bits per heavy atom. The van der Waals surface area contributed by atoms with Gasteiger partial charge in [-0.15, -0.1) is 0 Å². The molecule has 5 heteroatoms. The van der Waals surface area contributed by atoms with Crippen LogP contribution in [0.15, 0.2) is 18.7 Å². The van der Waals surface area contributed by atoms with Crippen LogP contribution in [0.3, 0.4) is 0 Å². The van der Waals surface area contributed by atoms with E-state index in [-0.39, 0.29) is 0 Å². The molecule has 2 aliphatic rings. The number of imidazole rings is 2. The zero-order valence-electron chi connectivity index (χ0n) is 11.8. The van der Waals surface area contributed by atoms with E-state index in [4.69, 9.17) is 4.98 Å². The summed E-state index contributed by atoms with van der Waals surface area (Å²) < 4.78 is 4.67. The zero-order chi connectivity index (χ0) is 13.4. The SMILES string of the molecule is c1cn(CCCn2c(C3CC3)nc3c2CCNC3)cn1. The summed E-state index contributed by atoms with van der Waals surface area (Å²) in [7, 11) is 0. The smallest absolute Gasteiger partial charge is 0.112 e. The van der Waals surface area contributed by atoms with Gasteiger partial charge in [0.05, 0.1) is 12.0 Å². The highest BCUT2D eigenvalue weighted by Crippen LogP contribution is 2.40. The molecule has 0 aromatic carbocycles. The molecule has 2 aromatic heterocycles. The number of nitrogens with zero attached hydrogens (tertiary/aromatic N) is 4. The molecule has 0 unspecified atom stereocenters. The number of aromatic nitrogens is 4. The highest BCUT2D eigenvalue weighted by atomic mass is 15.1. The normalized spacial score (nSPS) is 18.2. The number of rotatable bonds is 5. The summed E-state index contributed by atoms with van der Waals surface area (Å²) in [6.07, 6.45) is 10.7. The van der Waals surface area contributed by atoms with Gasteiger partial charge in [0, 0.05) is 56.6 Å². The Morgan fingerprint density at radius 3 is 3.05 bits per heavy atom. The summed E-state index contributed by atoms with van der Waals surface area (Å²) in [5.74, 6) is 2.08. The van der Waals surface area contributed by atoms with Gasteiger partial charge in [0.1, 0.15) is 5.82 Å². The maximum Gasteiger partial charge on any atom is 0.112 e. The minimum absolute atomic E-state index is 0.730. The Balaban J connectivity index is 1.51. The van der Waals surface area contributed by atoms with Gasteiger partial charge in [-0.3, -0.25) is 0 Å². The van der Waals surface area contributed by atoms with Crippen molar-refractivity contribution in [2.45, 2.75) is 51.2 Å². The third-order valence-corrected chi connectivity index (χ3v) is 4.32. The van der Waals surface area contributed by atoms with E-state index in [0.29, 0.717) is 0 Å². The van der Waals surface area contributed by atoms with Gasteiger partial charge < -0.3 is 14.5 Å². The zero-order valence-corrected chi connectivity index (χ0v) is 11.8. The van der Waals surface area contributed by atoms with E-state index in [1.807, 2.05) is 18.7 Å². The first-order valence-electron chi connectivity index (χ1n) is 7.66. The van der Waals surface area contributed by atoms with Crippen molar-refractivity contribution in [1.29, 1.82) is 0 Å². The maximum atomic E-state index is 4.91.